The smallest absolute Gasteiger partial charge is 0.275 e. The lowest BCUT2D eigenvalue weighted by Gasteiger charge is -2.36. The highest BCUT2D eigenvalue weighted by atomic mass is 16.2. The van der Waals surface area contributed by atoms with E-state index in [0.717, 1.165) is 17.3 Å². The van der Waals surface area contributed by atoms with Gasteiger partial charge in [0.25, 0.3) is 5.91 Å². The summed E-state index contributed by atoms with van der Waals surface area (Å²) in [6, 6.07) is 9.43. The van der Waals surface area contributed by atoms with E-state index in [4.69, 9.17) is 0 Å². The molecule has 0 bridgehead atoms. The summed E-state index contributed by atoms with van der Waals surface area (Å²) < 4.78 is 0.834. The number of hydrogen-bond acceptors (Lipinski definition) is 1. The molecule has 3 heteroatoms. The molecule has 1 saturated carbocycles. The Balaban J connectivity index is 1.63. The summed E-state index contributed by atoms with van der Waals surface area (Å²) in [6.45, 7) is 0.601. The van der Waals surface area contributed by atoms with Crippen LogP contribution in [-0.2, 0) is 11.2 Å². The minimum absolute atomic E-state index is 0.207. The minimum Gasteiger partial charge on any atom is -0.344 e. The third kappa shape index (κ3) is 3.35. The molecule has 2 aliphatic carbocycles. The number of carbonyl (C=O) groups excluding carboxylic acids is 1. The maximum atomic E-state index is 12.6. The zero-order chi connectivity index (χ0) is 15.6. The first-order chi connectivity index (χ1) is 10.6. The summed E-state index contributed by atoms with van der Waals surface area (Å²) in [4.78, 5) is 12.6. The molecular weight excluding hydrogens is 272 g/mol. The summed E-state index contributed by atoms with van der Waals surface area (Å²) in [6.07, 6.45) is 8.57. The number of rotatable bonds is 4. The molecule has 120 valence electrons. The first-order valence-electron chi connectivity index (χ1n) is 8.76. The fraction of sp³-hybridized carbons (Fsp3) is 0.632. The number of hydrogen-bond donors (Lipinski definition) is 1. The predicted molar refractivity (Wildman–Crippen MR) is 89.5 cm³/mol. The van der Waals surface area contributed by atoms with Crippen LogP contribution in [0.3, 0.4) is 0 Å². The van der Waals surface area contributed by atoms with E-state index in [9.17, 15) is 4.79 Å². The molecule has 0 aliphatic heterocycles. The first kappa shape index (κ1) is 15.5. The van der Waals surface area contributed by atoms with E-state index in [1.807, 2.05) is 0 Å². The van der Waals surface area contributed by atoms with Gasteiger partial charge >= 0.3 is 0 Å². The van der Waals surface area contributed by atoms with Crippen molar-refractivity contribution in [2.75, 3.05) is 20.6 Å². The van der Waals surface area contributed by atoms with Gasteiger partial charge in [0.15, 0.2) is 6.54 Å². The SMILES string of the molecule is C[N+](C)(CC(=O)N[C@@H]1CCCc2ccccc21)C1CCCC1. The van der Waals surface area contributed by atoms with Crippen LogP contribution in [0.5, 0.6) is 0 Å². The van der Waals surface area contributed by atoms with E-state index >= 15 is 0 Å². The second-order valence-electron chi connectivity index (χ2n) is 7.59. The van der Waals surface area contributed by atoms with Crippen molar-refractivity contribution in [2.24, 2.45) is 0 Å². The molecule has 1 atom stereocenters. The van der Waals surface area contributed by atoms with Crippen LogP contribution in [0.1, 0.15) is 55.7 Å². The van der Waals surface area contributed by atoms with Crippen LogP contribution < -0.4 is 5.32 Å². The number of amides is 1. The molecule has 0 spiro atoms. The molecular formula is C19H29N2O+. The second-order valence-corrected chi connectivity index (χ2v) is 7.59. The molecule has 1 amide bonds. The van der Waals surface area contributed by atoms with Gasteiger partial charge in [0, 0.05) is 0 Å². The van der Waals surface area contributed by atoms with Crippen LogP contribution >= 0.6 is 0 Å². The van der Waals surface area contributed by atoms with Gasteiger partial charge in [-0.15, -0.1) is 0 Å². The summed E-state index contributed by atoms with van der Waals surface area (Å²) in [5.41, 5.74) is 2.73. The molecule has 3 nitrogen and oxygen atoms in total. The molecule has 0 unspecified atom stereocenters. The zero-order valence-corrected chi connectivity index (χ0v) is 14.0. The fourth-order valence-electron chi connectivity index (χ4n) is 4.25. The number of fused-ring (bicyclic) bond motifs is 1. The van der Waals surface area contributed by atoms with Gasteiger partial charge in [-0.1, -0.05) is 24.3 Å². The predicted octanol–water partition coefficient (Wildman–Crippen LogP) is 3.20. The topological polar surface area (TPSA) is 29.1 Å². The van der Waals surface area contributed by atoms with Crippen molar-refractivity contribution < 1.29 is 9.28 Å². The van der Waals surface area contributed by atoms with Gasteiger partial charge in [-0.3, -0.25) is 4.79 Å². The molecule has 1 N–H and O–H groups in total. The summed E-state index contributed by atoms with van der Waals surface area (Å²) >= 11 is 0. The van der Waals surface area contributed by atoms with Gasteiger partial charge < -0.3 is 9.80 Å². The van der Waals surface area contributed by atoms with Crippen molar-refractivity contribution in [3.8, 4) is 0 Å². The quantitative estimate of drug-likeness (QED) is 0.850. The summed E-state index contributed by atoms with van der Waals surface area (Å²) in [7, 11) is 4.43. The van der Waals surface area contributed by atoms with E-state index in [2.05, 4.69) is 43.7 Å². The highest BCUT2D eigenvalue weighted by molar-refractivity contribution is 5.77. The molecule has 0 aromatic heterocycles. The minimum atomic E-state index is 0.207. The lowest BCUT2D eigenvalue weighted by atomic mass is 9.88. The van der Waals surface area contributed by atoms with Crippen molar-refractivity contribution in [3.05, 3.63) is 35.4 Å². The highest BCUT2D eigenvalue weighted by Crippen LogP contribution is 2.30. The first-order valence-corrected chi connectivity index (χ1v) is 8.76. The largest absolute Gasteiger partial charge is 0.344 e. The average Bonchev–Trinajstić information content (AvgIpc) is 3.02. The number of carbonyl (C=O) groups is 1. The number of nitrogens with one attached hydrogen (secondary N) is 1. The molecule has 3 rings (SSSR count). The van der Waals surface area contributed by atoms with Crippen molar-refractivity contribution in [2.45, 2.75) is 57.0 Å². The Morgan fingerprint density at radius 2 is 1.86 bits per heavy atom. The molecule has 0 radical (unpaired) electrons. The number of aryl methyl sites for hydroxylation is 1. The normalized spacial score (nSPS) is 22.4. The van der Waals surface area contributed by atoms with Gasteiger partial charge in [-0.2, -0.15) is 0 Å². The second kappa shape index (κ2) is 6.41. The maximum absolute atomic E-state index is 12.6. The van der Waals surface area contributed by atoms with E-state index in [1.165, 1.54) is 43.2 Å². The van der Waals surface area contributed by atoms with E-state index in [1.54, 1.807) is 0 Å². The number of quaternary nitrogens is 1. The zero-order valence-electron chi connectivity index (χ0n) is 14.0. The Bertz CT molecular complexity index is 532. The van der Waals surface area contributed by atoms with E-state index < -0.39 is 0 Å². The van der Waals surface area contributed by atoms with E-state index in [0.29, 0.717) is 12.6 Å². The van der Waals surface area contributed by atoms with Crippen LogP contribution in [0, 0.1) is 0 Å². The summed E-state index contributed by atoms with van der Waals surface area (Å²) in [5.74, 6) is 0.207. The van der Waals surface area contributed by atoms with Gasteiger partial charge in [0.05, 0.1) is 26.2 Å². The van der Waals surface area contributed by atoms with Crippen LogP contribution in [0.4, 0.5) is 0 Å². The third-order valence-corrected chi connectivity index (χ3v) is 5.57. The van der Waals surface area contributed by atoms with E-state index in [-0.39, 0.29) is 11.9 Å². The number of benzene rings is 1. The van der Waals surface area contributed by atoms with Crippen LogP contribution in [0.2, 0.25) is 0 Å². The number of likely N-dealkylation sites (N-methyl/N-ethyl adjacent to an activating group) is 1. The van der Waals surface area contributed by atoms with Crippen LogP contribution in [0.25, 0.3) is 0 Å². The van der Waals surface area contributed by atoms with Gasteiger partial charge in [0.2, 0.25) is 0 Å². The molecule has 2 aliphatic rings. The Kier molecular flexibility index (Phi) is 4.53. The molecule has 1 aromatic rings. The average molecular weight is 301 g/mol. The Labute approximate surface area is 134 Å². The third-order valence-electron chi connectivity index (χ3n) is 5.57. The molecule has 0 saturated heterocycles. The van der Waals surface area contributed by atoms with Crippen LogP contribution in [0.15, 0.2) is 24.3 Å². The highest BCUT2D eigenvalue weighted by Gasteiger charge is 2.33. The Morgan fingerprint density at radius 3 is 2.64 bits per heavy atom. The lowest BCUT2D eigenvalue weighted by molar-refractivity contribution is -0.906. The Morgan fingerprint density at radius 1 is 1.14 bits per heavy atom. The van der Waals surface area contributed by atoms with Crippen LogP contribution in [-0.4, -0.2) is 37.1 Å². The van der Waals surface area contributed by atoms with Crippen molar-refractivity contribution in [3.63, 3.8) is 0 Å². The monoisotopic (exact) mass is 301 g/mol. The molecule has 22 heavy (non-hydrogen) atoms. The standard InChI is InChI=1S/C19H28N2O/c1-21(2,16-10-4-5-11-16)14-19(22)20-18-13-7-9-15-8-3-6-12-17(15)18/h3,6,8,12,16,18H,4-5,7,9-11,13-14H2,1-2H3/p+1/t18-/m1/s1. The fourth-order valence-corrected chi connectivity index (χ4v) is 4.25. The van der Waals surface area contributed by atoms with Gasteiger partial charge in [-0.25, -0.2) is 0 Å². The van der Waals surface area contributed by atoms with Gasteiger partial charge in [-0.05, 0) is 56.1 Å². The Hall–Kier alpha value is -1.35. The molecule has 1 fully saturated rings. The van der Waals surface area contributed by atoms with Crippen molar-refractivity contribution in [1.29, 1.82) is 0 Å². The summed E-state index contributed by atoms with van der Waals surface area (Å²) in [5, 5.41) is 3.30. The van der Waals surface area contributed by atoms with Crippen molar-refractivity contribution in [1.82, 2.24) is 5.32 Å². The van der Waals surface area contributed by atoms with Gasteiger partial charge in [0.1, 0.15) is 0 Å². The van der Waals surface area contributed by atoms with Crippen molar-refractivity contribution >= 4 is 5.91 Å². The maximum Gasteiger partial charge on any atom is 0.275 e. The molecule has 0 heterocycles. The molecule has 1 aromatic carbocycles. The lowest BCUT2D eigenvalue weighted by Crippen LogP contribution is -2.53. The number of nitrogens with zero attached hydrogens (tertiary/aromatic N) is 1.